The van der Waals surface area contributed by atoms with Crippen LogP contribution in [0.25, 0.3) is 0 Å². The highest BCUT2D eigenvalue weighted by atomic mass is 35.5. The molecule has 1 fully saturated rings. The highest BCUT2D eigenvalue weighted by Crippen LogP contribution is 2.18. The summed E-state index contributed by atoms with van der Waals surface area (Å²) in [6.07, 6.45) is 6.08. The summed E-state index contributed by atoms with van der Waals surface area (Å²) in [4.78, 5) is 27.8. The van der Waals surface area contributed by atoms with Crippen molar-refractivity contribution in [2.45, 2.75) is 51.2 Å². The average Bonchev–Trinajstić information content (AvgIpc) is 2.48. The van der Waals surface area contributed by atoms with Crippen LogP contribution in [-0.4, -0.2) is 29.0 Å². The largest absolute Gasteiger partial charge is 0.449 e. The normalized spacial score (nSPS) is 17.0. The lowest BCUT2D eigenvalue weighted by molar-refractivity contribution is -0.130. The van der Waals surface area contributed by atoms with Gasteiger partial charge in [-0.15, -0.1) is 0 Å². The number of aromatic nitrogens is 1. The molecule has 1 aliphatic rings. The van der Waals surface area contributed by atoms with Crippen LogP contribution in [0.5, 0.6) is 0 Å². The van der Waals surface area contributed by atoms with Gasteiger partial charge >= 0.3 is 5.97 Å². The molecule has 2 rings (SSSR count). The van der Waals surface area contributed by atoms with E-state index in [2.05, 4.69) is 10.3 Å². The first-order chi connectivity index (χ1) is 10.1. The van der Waals surface area contributed by atoms with Gasteiger partial charge in [0.1, 0.15) is 5.15 Å². The molecule has 21 heavy (non-hydrogen) atoms. The van der Waals surface area contributed by atoms with Gasteiger partial charge in [-0.25, -0.2) is 9.78 Å². The van der Waals surface area contributed by atoms with Crippen LogP contribution in [0, 0.1) is 0 Å². The Morgan fingerprint density at radius 3 is 2.76 bits per heavy atom. The monoisotopic (exact) mass is 310 g/mol. The first-order valence-corrected chi connectivity index (χ1v) is 7.57. The number of carbonyl (C=O) groups excluding carboxylic acids is 2. The predicted molar refractivity (Wildman–Crippen MR) is 79.1 cm³/mol. The lowest BCUT2D eigenvalue weighted by Crippen LogP contribution is -2.42. The van der Waals surface area contributed by atoms with Gasteiger partial charge < -0.3 is 10.1 Å². The molecule has 0 unspecified atom stereocenters. The van der Waals surface area contributed by atoms with E-state index in [1.807, 2.05) is 0 Å². The van der Waals surface area contributed by atoms with Crippen molar-refractivity contribution >= 4 is 23.5 Å². The molecule has 1 aliphatic carbocycles. The Hall–Kier alpha value is -1.62. The Bertz CT molecular complexity index is 515. The van der Waals surface area contributed by atoms with E-state index < -0.39 is 12.1 Å². The number of esters is 1. The fraction of sp³-hybridized carbons (Fsp3) is 0.533. The van der Waals surface area contributed by atoms with Crippen molar-refractivity contribution in [1.82, 2.24) is 10.3 Å². The van der Waals surface area contributed by atoms with Gasteiger partial charge in [0.2, 0.25) is 0 Å². The van der Waals surface area contributed by atoms with E-state index in [-0.39, 0.29) is 22.7 Å². The van der Waals surface area contributed by atoms with Gasteiger partial charge in [0.25, 0.3) is 5.91 Å². The molecule has 0 radical (unpaired) electrons. The van der Waals surface area contributed by atoms with E-state index in [9.17, 15) is 9.59 Å². The summed E-state index contributed by atoms with van der Waals surface area (Å²) in [5, 5.41) is 3.00. The second-order valence-electron chi connectivity index (χ2n) is 5.23. The van der Waals surface area contributed by atoms with Gasteiger partial charge in [-0.3, -0.25) is 4.79 Å². The van der Waals surface area contributed by atoms with Crippen LogP contribution in [0.2, 0.25) is 5.15 Å². The Morgan fingerprint density at radius 1 is 1.38 bits per heavy atom. The van der Waals surface area contributed by atoms with Gasteiger partial charge in [-0.1, -0.05) is 30.9 Å². The van der Waals surface area contributed by atoms with Gasteiger partial charge in [-0.2, -0.15) is 0 Å². The van der Waals surface area contributed by atoms with E-state index >= 15 is 0 Å². The Labute approximate surface area is 129 Å². The zero-order valence-corrected chi connectivity index (χ0v) is 12.7. The van der Waals surface area contributed by atoms with Crippen LogP contribution in [-0.2, 0) is 9.53 Å². The van der Waals surface area contributed by atoms with Gasteiger partial charge in [0.05, 0.1) is 5.56 Å². The van der Waals surface area contributed by atoms with E-state index in [1.54, 1.807) is 13.0 Å². The first kappa shape index (κ1) is 15.8. The topological polar surface area (TPSA) is 68.3 Å². The van der Waals surface area contributed by atoms with Crippen molar-refractivity contribution in [2.75, 3.05) is 0 Å². The molecule has 1 aromatic rings. The SMILES string of the molecule is C[C@H](OC(=O)c1cccnc1Cl)C(=O)NC1CCCCC1. The molecule has 1 N–H and O–H groups in total. The maximum absolute atomic E-state index is 12.0. The molecule has 0 aliphatic heterocycles. The Kier molecular flexibility index (Phi) is 5.56. The van der Waals surface area contributed by atoms with Crippen LogP contribution in [0.4, 0.5) is 0 Å². The van der Waals surface area contributed by atoms with Gasteiger partial charge in [-0.05, 0) is 31.9 Å². The first-order valence-electron chi connectivity index (χ1n) is 7.20. The summed E-state index contributed by atoms with van der Waals surface area (Å²) in [6.45, 7) is 1.56. The molecule has 1 heterocycles. The minimum absolute atomic E-state index is 0.0717. The van der Waals surface area contributed by atoms with Crippen LogP contribution < -0.4 is 5.32 Å². The molecule has 1 saturated carbocycles. The fourth-order valence-electron chi connectivity index (χ4n) is 2.38. The molecule has 0 bridgehead atoms. The van der Waals surface area contributed by atoms with Crippen molar-refractivity contribution in [3.05, 3.63) is 29.0 Å². The van der Waals surface area contributed by atoms with E-state index in [0.717, 1.165) is 25.7 Å². The van der Waals surface area contributed by atoms with Crippen molar-refractivity contribution in [3.8, 4) is 0 Å². The van der Waals surface area contributed by atoms with Gasteiger partial charge in [0, 0.05) is 12.2 Å². The van der Waals surface area contributed by atoms with Crippen LogP contribution in [0.15, 0.2) is 18.3 Å². The Balaban J connectivity index is 1.88. The van der Waals surface area contributed by atoms with Crippen molar-refractivity contribution in [2.24, 2.45) is 0 Å². The number of rotatable bonds is 4. The van der Waals surface area contributed by atoms with Crippen LogP contribution >= 0.6 is 11.6 Å². The molecule has 5 nitrogen and oxygen atoms in total. The average molecular weight is 311 g/mol. The van der Waals surface area contributed by atoms with Crippen LogP contribution in [0.1, 0.15) is 49.4 Å². The molecule has 1 atom stereocenters. The molecular weight excluding hydrogens is 292 g/mol. The number of ether oxygens (including phenoxy) is 1. The summed E-state index contributed by atoms with van der Waals surface area (Å²) in [5.74, 6) is -0.908. The summed E-state index contributed by atoms with van der Waals surface area (Å²) in [7, 11) is 0. The Morgan fingerprint density at radius 2 is 2.10 bits per heavy atom. The number of amides is 1. The third-order valence-electron chi connectivity index (χ3n) is 3.58. The lowest BCUT2D eigenvalue weighted by atomic mass is 9.95. The molecule has 0 aromatic carbocycles. The molecule has 1 aromatic heterocycles. The minimum Gasteiger partial charge on any atom is -0.449 e. The standard InChI is InChI=1S/C15H19ClN2O3/c1-10(14(19)18-11-6-3-2-4-7-11)21-15(20)12-8-5-9-17-13(12)16/h5,8-11H,2-4,6-7H2,1H3,(H,18,19)/t10-/m0/s1. The van der Waals surface area contributed by atoms with Crippen molar-refractivity contribution in [3.63, 3.8) is 0 Å². The zero-order valence-electron chi connectivity index (χ0n) is 12.0. The maximum atomic E-state index is 12.0. The minimum atomic E-state index is -0.851. The number of nitrogens with zero attached hydrogens (tertiary/aromatic N) is 1. The van der Waals surface area contributed by atoms with Gasteiger partial charge in [0.15, 0.2) is 6.10 Å². The third-order valence-corrected chi connectivity index (χ3v) is 3.88. The lowest BCUT2D eigenvalue weighted by Gasteiger charge is -2.24. The molecule has 1 amide bonds. The number of nitrogens with one attached hydrogen (secondary N) is 1. The zero-order chi connectivity index (χ0) is 15.2. The fourth-order valence-corrected chi connectivity index (χ4v) is 2.58. The summed E-state index contributed by atoms with van der Waals surface area (Å²) >= 11 is 5.83. The molecule has 114 valence electrons. The number of carbonyl (C=O) groups is 2. The predicted octanol–water partition coefficient (Wildman–Crippen LogP) is 2.73. The second-order valence-corrected chi connectivity index (χ2v) is 5.59. The maximum Gasteiger partial charge on any atom is 0.342 e. The van der Waals surface area contributed by atoms with Crippen molar-refractivity contribution in [1.29, 1.82) is 0 Å². The number of hydrogen-bond donors (Lipinski definition) is 1. The number of pyridine rings is 1. The second kappa shape index (κ2) is 7.41. The van der Waals surface area contributed by atoms with Crippen molar-refractivity contribution < 1.29 is 14.3 Å². The molecule has 0 saturated heterocycles. The van der Waals surface area contributed by atoms with E-state index in [1.165, 1.54) is 18.7 Å². The van der Waals surface area contributed by atoms with E-state index in [4.69, 9.17) is 16.3 Å². The third kappa shape index (κ3) is 4.43. The summed E-state index contributed by atoms with van der Waals surface area (Å²) < 4.78 is 5.15. The highest BCUT2D eigenvalue weighted by molar-refractivity contribution is 6.32. The summed E-state index contributed by atoms with van der Waals surface area (Å²) in [5.41, 5.74) is 0.163. The quantitative estimate of drug-likeness (QED) is 0.686. The molecular formula is C15H19ClN2O3. The highest BCUT2D eigenvalue weighted by Gasteiger charge is 2.23. The summed E-state index contributed by atoms with van der Waals surface area (Å²) in [6, 6.07) is 3.30. The number of hydrogen-bond acceptors (Lipinski definition) is 4. The molecule has 0 spiro atoms. The molecule has 6 heteroatoms. The van der Waals surface area contributed by atoms with Crippen LogP contribution in [0.3, 0.4) is 0 Å². The smallest absolute Gasteiger partial charge is 0.342 e. The number of halogens is 1. The van der Waals surface area contributed by atoms with E-state index in [0.29, 0.717) is 0 Å².